The molecule has 1 atom stereocenters. The number of halogens is 1. The summed E-state index contributed by atoms with van der Waals surface area (Å²) in [6.45, 7) is 3.99. The Morgan fingerprint density at radius 3 is 2.62 bits per heavy atom. The van der Waals surface area contributed by atoms with Crippen molar-refractivity contribution in [3.05, 3.63) is 59.2 Å². The maximum atomic E-state index is 12.2. The van der Waals surface area contributed by atoms with Gasteiger partial charge in [0.1, 0.15) is 5.75 Å². The van der Waals surface area contributed by atoms with Gasteiger partial charge in [0, 0.05) is 17.7 Å². The minimum Gasteiger partial charge on any atom is -0.496 e. The summed E-state index contributed by atoms with van der Waals surface area (Å²) < 4.78 is 5.38. The van der Waals surface area contributed by atoms with Crippen LogP contribution in [0.1, 0.15) is 36.1 Å². The number of para-hydroxylation sites is 1. The van der Waals surface area contributed by atoms with Crippen LogP contribution in [0.5, 0.6) is 5.75 Å². The van der Waals surface area contributed by atoms with Crippen LogP contribution in [0.2, 0.25) is 0 Å². The van der Waals surface area contributed by atoms with E-state index in [0.717, 1.165) is 28.1 Å². The lowest BCUT2D eigenvalue weighted by Gasteiger charge is -2.18. The molecule has 24 heavy (non-hydrogen) atoms. The number of nitrogens with one attached hydrogen (secondary N) is 1. The number of carbonyl (C=O) groups excluding carboxylic acids is 1. The number of rotatable bonds is 6. The van der Waals surface area contributed by atoms with Gasteiger partial charge in [-0.3, -0.25) is 4.79 Å². The van der Waals surface area contributed by atoms with Crippen molar-refractivity contribution in [3.63, 3.8) is 0 Å². The van der Waals surface area contributed by atoms with E-state index in [0.29, 0.717) is 12.8 Å². The van der Waals surface area contributed by atoms with Crippen LogP contribution in [0.25, 0.3) is 0 Å². The summed E-state index contributed by atoms with van der Waals surface area (Å²) in [4.78, 5) is 12.2. The van der Waals surface area contributed by atoms with E-state index in [-0.39, 0.29) is 24.4 Å². The van der Waals surface area contributed by atoms with Crippen LogP contribution in [-0.4, -0.2) is 13.0 Å². The largest absolute Gasteiger partial charge is 0.496 e. The third kappa shape index (κ3) is 5.17. The summed E-state index contributed by atoms with van der Waals surface area (Å²) in [5, 5.41) is 3.03. The van der Waals surface area contributed by atoms with Crippen LogP contribution < -0.4 is 15.8 Å². The molecule has 0 spiro atoms. The fourth-order valence-electron chi connectivity index (χ4n) is 2.59. The molecule has 0 saturated carbocycles. The first-order valence-electron chi connectivity index (χ1n) is 7.78. The number of methoxy groups -OCH3 is 1. The van der Waals surface area contributed by atoms with Gasteiger partial charge in [-0.25, -0.2) is 0 Å². The lowest BCUT2D eigenvalue weighted by Crippen LogP contribution is -2.27. The Bertz CT molecular complexity index is 689. The van der Waals surface area contributed by atoms with Crippen molar-refractivity contribution < 1.29 is 9.53 Å². The highest BCUT2D eigenvalue weighted by atomic mass is 35.5. The van der Waals surface area contributed by atoms with Crippen molar-refractivity contribution in [2.45, 2.75) is 32.7 Å². The Kier molecular flexibility index (Phi) is 7.59. The molecule has 0 fully saturated rings. The van der Waals surface area contributed by atoms with Gasteiger partial charge >= 0.3 is 0 Å². The summed E-state index contributed by atoms with van der Waals surface area (Å²) in [6, 6.07) is 13.5. The summed E-state index contributed by atoms with van der Waals surface area (Å²) in [7, 11) is 1.64. The van der Waals surface area contributed by atoms with E-state index in [2.05, 4.69) is 5.32 Å². The van der Waals surface area contributed by atoms with Crippen molar-refractivity contribution in [1.29, 1.82) is 0 Å². The topological polar surface area (TPSA) is 64.3 Å². The predicted molar refractivity (Wildman–Crippen MR) is 101 cm³/mol. The predicted octanol–water partition coefficient (Wildman–Crippen LogP) is 3.82. The van der Waals surface area contributed by atoms with E-state index < -0.39 is 0 Å². The number of hydrogen-bond acceptors (Lipinski definition) is 3. The first kappa shape index (κ1) is 19.8. The summed E-state index contributed by atoms with van der Waals surface area (Å²) in [6.07, 6.45) is 1.04. The highest BCUT2D eigenvalue weighted by molar-refractivity contribution is 5.85. The van der Waals surface area contributed by atoms with E-state index in [1.165, 1.54) is 0 Å². The van der Waals surface area contributed by atoms with E-state index >= 15 is 0 Å². The molecule has 0 radical (unpaired) electrons. The molecule has 0 aliphatic rings. The van der Waals surface area contributed by atoms with Gasteiger partial charge in [0.25, 0.3) is 0 Å². The maximum Gasteiger partial charge on any atom is 0.220 e. The number of hydrogen-bond donors (Lipinski definition) is 2. The van der Waals surface area contributed by atoms with Crippen LogP contribution in [0.15, 0.2) is 42.5 Å². The highest BCUT2D eigenvalue weighted by Crippen LogP contribution is 2.26. The molecule has 1 amide bonds. The molecule has 0 aromatic heterocycles. The van der Waals surface area contributed by atoms with Gasteiger partial charge < -0.3 is 15.8 Å². The maximum absolute atomic E-state index is 12.2. The zero-order valence-electron chi connectivity index (χ0n) is 14.3. The number of anilines is 1. The van der Waals surface area contributed by atoms with Gasteiger partial charge in [-0.2, -0.15) is 0 Å². The zero-order chi connectivity index (χ0) is 16.8. The van der Waals surface area contributed by atoms with E-state index in [1.54, 1.807) is 7.11 Å². The van der Waals surface area contributed by atoms with Crippen LogP contribution >= 0.6 is 12.4 Å². The first-order valence-corrected chi connectivity index (χ1v) is 7.78. The SMILES string of the molecule is COc1ccc(C)cc1C(C)NC(=O)CCc1ccccc1N.Cl. The van der Waals surface area contributed by atoms with Gasteiger partial charge in [-0.05, 0) is 38.0 Å². The number of benzene rings is 2. The molecule has 0 bridgehead atoms. The molecule has 2 aromatic rings. The van der Waals surface area contributed by atoms with Crippen LogP contribution in [0.4, 0.5) is 5.69 Å². The molecule has 2 rings (SSSR count). The minimum atomic E-state index is -0.106. The molecular formula is C19H25ClN2O2. The van der Waals surface area contributed by atoms with Gasteiger partial charge in [0.05, 0.1) is 13.2 Å². The molecule has 0 heterocycles. The van der Waals surface area contributed by atoms with Crippen LogP contribution in [-0.2, 0) is 11.2 Å². The molecular weight excluding hydrogens is 324 g/mol. The first-order chi connectivity index (χ1) is 11.0. The summed E-state index contributed by atoms with van der Waals surface area (Å²) in [5.41, 5.74) is 9.76. The van der Waals surface area contributed by atoms with Gasteiger partial charge in [-0.1, -0.05) is 35.9 Å². The quantitative estimate of drug-likeness (QED) is 0.780. The third-order valence-corrected chi connectivity index (χ3v) is 3.91. The number of aryl methyl sites for hydroxylation is 2. The summed E-state index contributed by atoms with van der Waals surface area (Å²) >= 11 is 0. The molecule has 0 aliphatic carbocycles. The van der Waals surface area contributed by atoms with Crippen molar-refractivity contribution in [2.75, 3.05) is 12.8 Å². The number of nitrogen functional groups attached to an aromatic ring is 1. The van der Waals surface area contributed by atoms with Crippen LogP contribution in [0.3, 0.4) is 0 Å². The number of carbonyl (C=O) groups is 1. The van der Waals surface area contributed by atoms with Crippen molar-refractivity contribution >= 4 is 24.0 Å². The van der Waals surface area contributed by atoms with Crippen LogP contribution in [0, 0.1) is 6.92 Å². The molecule has 2 aromatic carbocycles. The Hall–Kier alpha value is -2.20. The number of nitrogens with two attached hydrogens (primary N) is 1. The average molecular weight is 349 g/mol. The fraction of sp³-hybridized carbons (Fsp3) is 0.316. The summed E-state index contributed by atoms with van der Waals surface area (Å²) in [5.74, 6) is 0.792. The Morgan fingerprint density at radius 2 is 1.96 bits per heavy atom. The average Bonchev–Trinajstić information content (AvgIpc) is 2.54. The second-order valence-electron chi connectivity index (χ2n) is 5.73. The smallest absolute Gasteiger partial charge is 0.220 e. The highest BCUT2D eigenvalue weighted by Gasteiger charge is 2.14. The lowest BCUT2D eigenvalue weighted by molar-refractivity contribution is -0.121. The van der Waals surface area contributed by atoms with Gasteiger partial charge in [0.2, 0.25) is 5.91 Å². The fourth-order valence-corrected chi connectivity index (χ4v) is 2.59. The standard InChI is InChI=1S/C19H24N2O2.ClH/c1-13-8-10-18(23-3)16(12-13)14(2)21-19(22)11-9-15-6-4-5-7-17(15)20;/h4-8,10,12,14H,9,11,20H2,1-3H3,(H,21,22);1H. The third-order valence-electron chi connectivity index (χ3n) is 3.91. The second kappa shape index (κ2) is 9.18. The van der Waals surface area contributed by atoms with Crippen molar-refractivity contribution in [3.8, 4) is 5.75 Å². The zero-order valence-corrected chi connectivity index (χ0v) is 15.2. The molecule has 0 saturated heterocycles. The molecule has 130 valence electrons. The monoisotopic (exact) mass is 348 g/mol. The number of ether oxygens (including phenoxy) is 1. The van der Waals surface area contributed by atoms with Gasteiger partial charge in [-0.15, -0.1) is 12.4 Å². The Morgan fingerprint density at radius 1 is 1.25 bits per heavy atom. The van der Waals surface area contributed by atoms with Crippen molar-refractivity contribution in [1.82, 2.24) is 5.32 Å². The van der Waals surface area contributed by atoms with E-state index in [4.69, 9.17) is 10.5 Å². The minimum absolute atomic E-state index is 0. The molecule has 3 N–H and O–H groups in total. The van der Waals surface area contributed by atoms with Gasteiger partial charge in [0.15, 0.2) is 0 Å². The van der Waals surface area contributed by atoms with Crippen molar-refractivity contribution in [2.24, 2.45) is 0 Å². The van der Waals surface area contributed by atoms with E-state index in [1.807, 2.05) is 56.3 Å². The lowest BCUT2D eigenvalue weighted by atomic mass is 10.0. The molecule has 0 aliphatic heterocycles. The molecule has 1 unspecified atom stereocenters. The second-order valence-corrected chi connectivity index (χ2v) is 5.73. The number of amides is 1. The molecule has 5 heteroatoms. The Labute approximate surface area is 149 Å². The Balaban J connectivity index is 0.00000288. The molecule has 4 nitrogen and oxygen atoms in total. The van der Waals surface area contributed by atoms with E-state index in [9.17, 15) is 4.79 Å². The normalized spacial score (nSPS) is 11.3.